The Bertz CT molecular complexity index is 928. The summed E-state index contributed by atoms with van der Waals surface area (Å²) in [6, 6.07) is 17.3. The molecular weight excluding hydrogens is 296 g/mol. The third-order valence-electron chi connectivity index (χ3n) is 3.39. The molecule has 0 aliphatic rings. The van der Waals surface area contributed by atoms with Crippen LogP contribution < -0.4 is 0 Å². The van der Waals surface area contributed by atoms with Crippen LogP contribution in [0, 0.1) is 0 Å². The van der Waals surface area contributed by atoms with Crippen molar-refractivity contribution in [2.75, 3.05) is 0 Å². The van der Waals surface area contributed by atoms with E-state index in [0.717, 1.165) is 22.5 Å². The number of halogens is 1. The van der Waals surface area contributed by atoms with Crippen molar-refractivity contribution in [1.82, 2.24) is 19.6 Å². The summed E-state index contributed by atoms with van der Waals surface area (Å²) in [5.74, 6) is 0.647. The molecule has 0 radical (unpaired) electrons. The molecule has 0 saturated carbocycles. The Hall–Kier alpha value is -2.72. The minimum absolute atomic E-state index is 0.647. The van der Waals surface area contributed by atoms with Crippen LogP contribution in [0.1, 0.15) is 0 Å². The second-order valence-electron chi connectivity index (χ2n) is 4.85. The van der Waals surface area contributed by atoms with E-state index in [0.29, 0.717) is 10.8 Å². The summed E-state index contributed by atoms with van der Waals surface area (Å²) >= 11 is 6.09. The molecule has 4 aromatic rings. The molecule has 106 valence electrons. The van der Waals surface area contributed by atoms with Gasteiger partial charge in [-0.05, 0) is 36.4 Å². The predicted octanol–water partition coefficient (Wildman–Crippen LogP) is 4.11. The first-order chi connectivity index (χ1) is 10.8. The number of hydrogen-bond acceptors (Lipinski definition) is 3. The van der Waals surface area contributed by atoms with Crippen molar-refractivity contribution >= 4 is 17.2 Å². The van der Waals surface area contributed by atoms with Crippen LogP contribution in [0.15, 0.2) is 67.0 Å². The fourth-order valence-electron chi connectivity index (χ4n) is 2.40. The normalized spacial score (nSPS) is 11.0. The molecule has 5 heteroatoms. The summed E-state index contributed by atoms with van der Waals surface area (Å²) < 4.78 is 1.75. The maximum atomic E-state index is 6.09. The van der Waals surface area contributed by atoms with Gasteiger partial charge in [0.25, 0.3) is 0 Å². The van der Waals surface area contributed by atoms with Gasteiger partial charge in [-0.25, -0.2) is 9.50 Å². The Kier molecular flexibility index (Phi) is 3.09. The molecule has 0 aliphatic carbocycles. The van der Waals surface area contributed by atoms with E-state index < -0.39 is 0 Å². The molecule has 0 amide bonds. The van der Waals surface area contributed by atoms with Crippen LogP contribution in [-0.2, 0) is 0 Å². The van der Waals surface area contributed by atoms with Crippen molar-refractivity contribution in [2.45, 2.75) is 0 Å². The third kappa shape index (κ3) is 2.23. The number of fused-ring (bicyclic) bond motifs is 1. The molecule has 1 aromatic carbocycles. The largest absolute Gasteiger partial charge is 0.255 e. The lowest BCUT2D eigenvalue weighted by Crippen LogP contribution is -1.91. The maximum absolute atomic E-state index is 6.09. The molecule has 0 fully saturated rings. The maximum Gasteiger partial charge on any atom is 0.184 e. The highest BCUT2D eigenvalue weighted by Crippen LogP contribution is 2.29. The van der Waals surface area contributed by atoms with E-state index in [2.05, 4.69) is 15.1 Å². The van der Waals surface area contributed by atoms with E-state index >= 15 is 0 Å². The molecule has 4 rings (SSSR count). The van der Waals surface area contributed by atoms with Crippen molar-refractivity contribution in [3.8, 4) is 22.6 Å². The second-order valence-corrected chi connectivity index (χ2v) is 5.29. The smallest absolute Gasteiger partial charge is 0.184 e. The number of hydrogen-bond donors (Lipinski definition) is 0. The first-order valence-corrected chi connectivity index (χ1v) is 7.22. The van der Waals surface area contributed by atoms with Gasteiger partial charge in [-0.1, -0.05) is 29.8 Å². The van der Waals surface area contributed by atoms with E-state index in [9.17, 15) is 0 Å². The number of aromatic nitrogens is 4. The molecule has 3 heterocycles. The van der Waals surface area contributed by atoms with Gasteiger partial charge in [0.05, 0.1) is 5.69 Å². The summed E-state index contributed by atoms with van der Waals surface area (Å²) in [7, 11) is 0. The number of benzene rings is 1. The van der Waals surface area contributed by atoms with Crippen molar-refractivity contribution in [3.05, 3.63) is 72.0 Å². The Morgan fingerprint density at radius 3 is 2.77 bits per heavy atom. The van der Waals surface area contributed by atoms with E-state index in [4.69, 9.17) is 11.6 Å². The van der Waals surface area contributed by atoms with Crippen molar-refractivity contribution in [2.24, 2.45) is 0 Å². The van der Waals surface area contributed by atoms with E-state index in [1.807, 2.05) is 60.8 Å². The SMILES string of the molecule is Clc1cccc(-c2ncccc2-c2nc3ccccn3n2)c1. The van der Waals surface area contributed by atoms with E-state index in [1.54, 1.807) is 10.7 Å². The van der Waals surface area contributed by atoms with Crippen LogP contribution >= 0.6 is 11.6 Å². The summed E-state index contributed by atoms with van der Waals surface area (Å²) in [4.78, 5) is 9.06. The molecule has 0 bridgehead atoms. The van der Waals surface area contributed by atoms with Gasteiger partial charge in [-0.2, -0.15) is 0 Å². The minimum atomic E-state index is 0.647. The quantitative estimate of drug-likeness (QED) is 0.559. The lowest BCUT2D eigenvalue weighted by atomic mass is 10.1. The molecule has 4 nitrogen and oxygen atoms in total. The molecule has 22 heavy (non-hydrogen) atoms. The molecule has 0 aliphatic heterocycles. The number of nitrogens with zero attached hydrogens (tertiary/aromatic N) is 4. The first-order valence-electron chi connectivity index (χ1n) is 6.84. The van der Waals surface area contributed by atoms with Gasteiger partial charge >= 0.3 is 0 Å². The Morgan fingerprint density at radius 2 is 1.91 bits per heavy atom. The van der Waals surface area contributed by atoms with Crippen molar-refractivity contribution in [3.63, 3.8) is 0 Å². The minimum Gasteiger partial charge on any atom is -0.255 e. The van der Waals surface area contributed by atoms with Gasteiger partial charge in [0.15, 0.2) is 11.5 Å². The van der Waals surface area contributed by atoms with E-state index in [-0.39, 0.29) is 0 Å². The summed E-state index contributed by atoms with van der Waals surface area (Å²) in [6.45, 7) is 0. The fourth-order valence-corrected chi connectivity index (χ4v) is 2.59. The second kappa shape index (κ2) is 5.24. The Morgan fingerprint density at radius 1 is 0.955 bits per heavy atom. The van der Waals surface area contributed by atoms with Crippen molar-refractivity contribution < 1.29 is 0 Å². The predicted molar refractivity (Wildman–Crippen MR) is 86.7 cm³/mol. The monoisotopic (exact) mass is 306 g/mol. The van der Waals surface area contributed by atoms with Gasteiger partial charge in [0.2, 0.25) is 0 Å². The van der Waals surface area contributed by atoms with Crippen molar-refractivity contribution in [1.29, 1.82) is 0 Å². The topological polar surface area (TPSA) is 43.1 Å². The van der Waals surface area contributed by atoms with Gasteiger partial charge in [0.1, 0.15) is 0 Å². The molecular formula is C17H11ClN4. The average molecular weight is 307 g/mol. The lowest BCUT2D eigenvalue weighted by Gasteiger charge is -2.05. The zero-order valence-electron chi connectivity index (χ0n) is 11.5. The molecule has 0 N–H and O–H groups in total. The highest BCUT2D eigenvalue weighted by Gasteiger charge is 2.13. The highest BCUT2D eigenvalue weighted by atomic mass is 35.5. The van der Waals surface area contributed by atoms with Crippen LogP contribution in [0.4, 0.5) is 0 Å². The zero-order valence-corrected chi connectivity index (χ0v) is 12.3. The summed E-state index contributed by atoms with van der Waals surface area (Å²) in [5, 5.41) is 5.20. The zero-order chi connectivity index (χ0) is 14.9. The van der Waals surface area contributed by atoms with Gasteiger partial charge in [-0.3, -0.25) is 4.98 Å². The molecule has 0 unspecified atom stereocenters. The Balaban J connectivity index is 1.92. The standard InChI is InChI=1S/C17H11ClN4/c18-13-6-3-5-12(11-13)16-14(7-4-9-19-16)17-20-15-8-1-2-10-22(15)21-17/h1-11H. The van der Waals surface area contributed by atoms with Crippen LogP contribution in [0.5, 0.6) is 0 Å². The highest BCUT2D eigenvalue weighted by molar-refractivity contribution is 6.30. The van der Waals surface area contributed by atoms with Crippen LogP contribution in [-0.4, -0.2) is 19.6 Å². The number of rotatable bonds is 2. The third-order valence-corrected chi connectivity index (χ3v) is 3.62. The van der Waals surface area contributed by atoms with Crippen LogP contribution in [0.25, 0.3) is 28.3 Å². The lowest BCUT2D eigenvalue weighted by molar-refractivity contribution is 0.965. The number of pyridine rings is 2. The average Bonchev–Trinajstić information content (AvgIpc) is 2.99. The molecule has 0 atom stereocenters. The molecule has 3 aromatic heterocycles. The first kappa shape index (κ1) is 13.0. The van der Waals surface area contributed by atoms with E-state index in [1.165, 1.54) is 0 Å². The van der Waals surface area contributed by atoms with Gasteiger partial charge in [0, 0.05) is 28.5 Å². The van der Waals surface area contributed by atoms with Gasteiger partial charge in [-0.15, -0.1) is 5.10 Å². The van der Waals surface area contributed by atoms with Crippen LogP contribution in [0.2, 0.25) is 5.02 Å². The molecule has 0 spiro atoms. The summed E-state index contributed by atoms with van der Waals surface area (Å²) in [6.07, 6.45) is 3.64. The van der Waals surface area contributed by atoms with Gasteiger partial charge < -0.3 is 0 Å². The summed E-state index contributed by atoms with van der Waals surface area (Å²) in [5.41, 5.74) is 3.45. The van der Waals surface area contributed by atoms with Crippen LogP contribution in [0.3, 0.4) is 0 Å². The Labute approximate surface area is 132 Å². The fraction of sp³-hybridized carbons (Fsp3) is 0. The molecule has 0 saturated heterocycles.